The Morgan fingerprint density at radius 1 is 1.37 bits per heavy atom. The van der Waals surface area contributed by atoms with Crippen molar-refractivity contribution in [3.63, 3.8) is 0 Å². The normalized spacial score (nSPS) is 19.1. The molecule has 1 atom stereocenters. The first-order valence-electron chi connectivity index (χ1n) is 9.88. The van der Waals surface area contributed by atoms with Gasteiger partial charge in [-0.1, -0.05) is 23.2 Å². The van der Waals surface area contributed by atoms with Crippen molar-refractivity contribution in [3.8, 4) is 17.1 Å². The van der Waals surface area contributed by atoms with Crippen molar-refractivity contribution in [2.24, 2.45) is 0 Å². The first-order valence-corrected chi connectivity index (χ1v) is 9.88. The number of piperidine rings is 1. The third-order valence-corrected chi connectivity index (χ3v) is 5.60. The number of hydrogen-bond acceptors (Lipinski definition) is 5. The van der Waals surface area contributed by atoms with Crippen LogP contribution in [-0.4, -0.2) is 41.6 Å². The molecule has 1 saturated heterocycles. The van der Waals surface area contributed by atoms with Gasteiger partial charge < -0.3 is 19.5 Å². The maximum Gasteiger partial charge on any atom is 0.273 e. The van der Waals surface area contributed by atoms with Gasteiger partial charge in [-0.25, -0.2) is 0 Å². The van der Waals surface area contributed by atoms with Gasteiger partial charge in [0, 0.05) is 19.1 Å². The highest BCUT2D eigenvalue weighted by molar-refractivity contribution is 5.95. The predicted octanol–water partition coefficient (Wildman–Crippen LogP) is 3.54. The number of carbonyl (C=O) groups is 1. The van der Waals surface area contributed by atoms with Gasteiger partial charge >= 0.3 is 0 Å². The zero-order valence-electron chi connectivity index (χ0n) is 16.1. The van der Waals surface area contributed by atoms with Gasteiger partial charge in [0.05, 0.1) is 11.1 Å². The number of nitrogens with zero attached hydrogens (tertiary/aromatic N) is 2. The van der Waals surface area contributed by atoms with Crippen molar-refractivity contribution >= 4 is 5.91 Å². The molecule has 2 aliphatic rings. The minimum absolute atomic E-state index is 0.189. The van der Waals surface area contributed by atoms with Gasteiger partial charge in [0.25, 0.3) is 5.91 Å². The van der Waals surface area contributed by atoms with Crippen molar-refractivity contribution in [2.75, 3.05) is 19.6 Å². The highest BCUT2D eigenvalue weighted by Crippen LogP contribution is 2.39. The van der Waals surface area contributed by atoms with E-state index in [4.69, 9.17) is 9.26 Å². The molecule has 27 heavy (non-hydrogen) atoms. The molecule has 0 unspecified atom stereocenters. The Morgan fingerprint density at radius 2 is 2.26 bits per heavy atom. The Bertz CT molecular complexity index is 830. The predicted molar refractivity (Wildman–Crippen MR) is 103 cm³/mol. The Labute approximate surface area is 159 Å². The molecule has 2 aromatic rings. The zero-order chi connectivity index (χ0) is 18.8. The lowest BCUT2D eigenvalue weighted by Crippen LogP contribution is -2.39. The number of aryl methyl sites for hydroxylation is 1. The minimum atomic E-state index is -0.189. The van der Waals surface area contributed by atoms with E-state index in [1.807, 2.05) is 25.1 Å². The molecule has 1 N–H and O–H groups in total. The lowest BCUT2D eigenvalue weighted by Gasteiger charge is -2.33. The fourth-order valence-corrected chi connectivity index (χ4v) is 3.99. The topological polar surface area (TPSA) is 67.6 Å². The highest BCUT2D eigenvalue weighted by Gasteiger charge is 2.28. The number of likely N-dealkylation sites (tertiary alicyclic amines) is 1. The molecule has 1 aromatic carbocycles. The molecule has 6 nitrogen and oxygen atoms in total. The summed E-state index contributed by atoms with van der Waals surface area (Å²) >= 11 is 0. The fraction of sp³-hybridized carbons (Fsp3) is 0.524. The third-order valence-electron chi connectivity index (χ3n) is 5.60. The van der Waals surface area contributed by atoms with Crippen molar-refractivity contribution in [2.45, 2.75) is 52.2 Å². The third kappa shape index (κ3) is 3.72. The van der Waals surface area contributed by atoms with E-state index < -0.39 is 0 Å². The highest BCUT2D eigenvalue weighted by atomic mass is 16.5. The first kappa shape index (κ1) is 18.0. The van der Waals surface area contributed by atoms with Gasteiger partial charge in [0.15, 0.2) is 11.5 Å². The largest absolute Gasteiger partial charge is 0.488 e. The number of aromatic nitrogens is 1. The zero-order valence-corrected chi connectivity index (χ0v) is 16.1. The Morgan fingerprint density at radius 3 is 3.11 bits per heavy atom. The summed E-state index contributed by atoms with van der Waals surface area (Å²) in [7, 11) is 0. The number of carbonyl (C=O) groups excluding carboxylic acids is 1. The molecule has 0 spiro atoms. The van der Waals surface area contributed by atoms with Gasteiger partial charge in [0.2, 0.25) is 0 Å². The van der Waals surface area contributed by atoms with Crippen LogP contribution >= 0.6 is 0 Å². The maximum atomic E-state index is 12.6. The number of nitrogens with one attached hydrogen (secondary N) is 1. The van der Waals surface area contributed by atoms with E-state index in [0.29, 0.717) is 30.6 Å². The monoisotopic (exact) mass is 369 g/mol. The molecular formula is C21H27N3O3. The quantitative estimate of drug-likeness (QED) is 0.817. The van der Waals surface area contributed by atoms with Gasteiger partial charge in [-0.15, -0.1) is 0 Å². The van der Waals surface area contributed by atoms with Gasteiger partial charge in [-0.05, 0) is 51.8 Å². The number of amides is 1. The van der Waals surface area contributed by atoms with Crippen molar-refractivity contribution in [1.82, 2.24) is 15.4 Å². The summed E-state index contributed by atoms with van der Waals surface area (Å²) in [5.41, 5.74) is 3.04. The molecule has 6 heteroatoms. The summed E-state index contributed by atoms with van der Waals surface area (Å²) in [6.45, 7) is 7.44. The van der Waals surface area contributed by atoms with E-state index in [1.54, 1.807) is 0 Å². The van der Waals surface area contributed by atoms with Crippen molar-refractivity contribution < 1.29 is 14.1 Å². The molecule has 1 aromatic heterocycles. The summed E-state index contributed by atoms with van der Waals surface area (Å²) in [5, 5.41) is 7.01. The molecule has 3 heterocycles. The van der Waals surface area contributed by atoms with Crippen LogP contribution in [0.4, 0.5) is 0 Å². The fourth-order valence-electron chi connectivity index (χ4n) is 3.99. The lowest BCUT2D eigenvalue weighted by atomic mass is 10.0. The summed E-state index contributed by atoms with van der Waals surface area (Å²) in [6, 6.07) is 6.58. The first-order chi connectivity index (χ1) is 13.1. The number of benzene rings is 1. The van der Waals surface area contributed by atoms with Crippen LogP contribution < -0.4 is 10.1 Å². The van der Waals surface area contributed by atoms with E-state index in [0.717, 1.165) is 35.4 Å². The summed E-state index contributed by atoms with van der Waals surface area (Å²) in [4.78, 5) is 15.1. The van der Waals surface area contributed by atoms with Gasteiger partial charge in [-0.2, -0.15) is 0 Å². The maximum absolute atomic E-state index is 12.6. The number of hydrogen-bond donors (Lipinski definition) is 1. The van der Waals surface area contributed by atoms with E-state index in [9.17, 15) is 4.79 Å². The van der Waals surface area contributed by atoms with Gasteiger partial charge in [0.1, 0.15) is 12.4 Å². The minimum Gasteiger partial charge on any atom is -0.488 e. The average Bonchev–Trinajstić information content (AvgIpc) is 3.11. The Hall–Kier alpha value is -2.34. The van der Waals surface area contributed by atoms with Gasteiger partial charge in [-0.3, -0.25) is 4.79 Å². The van der Waals surface area contributed by atoms with Crippen LogP contribution in [0, 0.1) is 6.92 Å². The number of fused-ring (bicyclic) bond motifs is 3. The summed E-state index contributed by atoms with van der Waals surface area (Å²) in [6.07, 6.45) is 4.83. The lowest BCUT2D eigenvalue weighted by molar-refractivity contribution is 0.0938. The van der Waals surface area contributed by atoms with Crippen molar-refractivity contribution in [3.05, 3.63) is 35.0 Å². The number of ether oxygens (including phenoxy) is 1. The molecule has 2 aliphatic heterocycles. The van der Waals surface area contributed by atoms with Crippen LogP contribution in [-0.2, 0) is 6.61 Å². The molecular weight excluding hydrogens is 342 g/mol. The molecule has 0 radical (unpaired) electrons. The van der Waals surface area contributed by atoms with E-state index in [1.165, 1.54) is 25.8 Å². The average molecular weight is 369 g/mol. The van der Waals surface area contributed by atoms with Crippen molar-refractivity contribution in [1.29, 1.82) is 0 Å². The Kier molecular flexibility index (Phi) is 5.16. The Balaban J connectivity index is 1.37. The van der Waals surface area contributed by atoms with Crippen LogP contribution in [0.15, 0.2) is 22.7 Å². The van der Waals surface area contributed by atoms with Crippen LogP contribution in [0.1, 0.15) is 54.2 Å². The standard InChI is InChI=1S/C21H27N3O3/c1-14-7-8-18-16(12-14)20-17(13-26-18)19(23-27-20)21(25)22-9-5-11-24-10-4-3-6-15(24)2/h7-8,12,15H,3-6,9-11,13H2,1-2H3,(H,22,25)/t15-/m0/s1. The molecule has 1 fully saturated rings. The molecule has 0 saturated carbocycles. The van der Waals surface area contributed by atoms with Crippen LogP contribution in [0.5, 0.6) is 5.75 Å². The SMILES string of the molecule is Cc1ccc2c(c1)-c1onc(C(=O)NCCCN3CCCC[C@@H]3C)c1CO2. The number of rotatable bonds is 5. The molecule has 0 bridgehead atoms. The van der Waals surface area contributed by atoms with E-state index in [-0.39, 0.29) is 5.91 Å². The summed E-state index contributed by atoms with van der Waals surface area (Å²) < 4.78 is 11.3. The molecule has 4 rings (SSSR count). The molecule has 144 valence electrons. The van der Waals surface area contributed by atoms with Crippen LogP contribution in [0.2, 0.25) is 0 Å². The van der Waals surface area contributed by atoms with E-state index in [2.05, 4.69) is 22.3 Å². The second-order valence-electron chi connectivity index (χ2n) is 7.62. The molecule has 1 amide bonds. The van der Waals surface area contributed by atoms with Crippen LogP contribution in [0.25, 0.3) is 11.3 Å². The van der Waals surface area contributed by atoms with Crippen LogP contribution in [0.3, 0.4) is 0 Å². The second kappa shape index (κ2) is 7.72. The second-order valence-corrected chi connectivity index (χ2v) is 7.62. The molecule has 0 aliphatic carbocycles. The summed E-state index contributed by atoms with van der Waals surface area (Å²) in [5.74, 6) is 1.23. The smallest absolute Gasteiger partial charge is 0.273 e. The van der Waals surface area contributed by atoms with E-state index >= 15 is 0 Å².